The summed E-state index contributed by atoms with van der Waals surface area (Å²) in [7, 11) is -1.81. The van der Waals surface area contributed by atoms with Gasteiger partial charge in [-0.1, -0.05) is 183 Å². The van der Waals surface area contributed by atoms with Gasteiger partial charge in [0.1, 0.15) is 17.2 Å². The van der Waals surface area contributed by atoms with E-state index in [1.165, 1.54) is 123 Å². The van der Waals surface area contributed by atoms with Gasteiger partial charge in [-0.2, -0.15) is 0 Å². The average Bonchev–Trinajstić information content (AvgIpc) is 3.06. The summed E-state index contributed by atoms with van der Waals surface area (Å²) in [5.74, 6) is 2.64. The highest BCUT2D eigenvalue weighted by molar-refractivity contribution is 7.43. The number of hydrogen-bond donors (Lipinski definition) is 0. The lowest BCUT2D eigenvalue weighted by atomic mass is 9.67. The van der Waals surface area contributed by atoms with Crippen molar-refractivity contribution in [1.82, 2.24) is 0 Å². The fourth-order valence-corrected chi connectivity index (χ4v) is 9.06. The van der Waals surface area contributed by atoms with E-state index < -0.39 is 8.60 Å². The predicted octanol–water partition coefficient (Wildman–Crippen LogP) is 15.3. The van der Waals surface area contributed by atoms with Crippen molar-refractivity contribution in [2.45, 2.75) is 188 Å². The van der Waals surface area contributed by atoms with Gasteiger partial charge in [0.15, 0.2) is 0 Å². The highest BCUT2D eigenvalue weighted by atomic mass is 31.2. The zero-order valence-corrected chi connectivity index (χ0v) is 35.1. The largest absolute Gasteiger partial charge is 0.530 e. The average molecular weight is 715 g/mol. The second-order valence-corrected chi connectivity index (χ2v) is 18.6. The van der Waals surface area contributed by atoms with Crippen molar-refractivity contribution in [3.8, 4) is 17.2 Å². The maximum Gasteiger partial charge on any atom is 0.530 e. The minimum absolute atomic E-state index is 0.151. The molecule has 0 atom stereocenters. The van der Waals surface area contributed by atoms with Crippen LogP contribution in [-0.2, 0) is 29.1 Å². The minimum Gasteiger partial charge on any atom is -0.408 e. The summed E-state index contributed by atoms with van der Waals surface area (Å²) in [4.78, 5) is 0. The van der Waals surface area contributed by atoms with Crippen molar-refractivity contribution in [2.24, 2.45) is 0 Å². The van der Waals surface area contributed by atoms with Gasteiger partial charge in [0.25, 0.3) is 0 Å². The van der Waals surface area contributed by atoms with Gasteiger partial charge in [0, 0.05) is 16.5 Å². The Morgan fingerprint density at radius 3 is 1.45 bits per heavy atom. The summed E-state index contributed by atoms with van der Waals surface area (Å²) in [5, 5.41) is 0. The SMILES string of the molecule is CCCCCCCCCc1cccc(OP2Oc3cccc(c3C(C)(C)C)C(C)(C)c3cccc(c3C(C)(C)C)O2)c1CCCCCCCCC. The molecular formula is C47H71O3P. The van der Waals surface area contributed by atoms with Crippen LogP contribution in [0.2, 0.25) is 0 Å². The molecule has 0 radical (unpaired) electrons. The van der Waals surface area contributed by atoms with Crippen LogP contribution in [0.1, 0.15) is 193 Å². The van der Waals surface area contributed by atoms with Gasteiger partial charge in [-0.05, 0) is 77.0 Å². The van der Waals surface area contributed by atoms with Crippen molar-refractivity contribution in [1.29, 1.82) is 0 Å². The van der Waals surface area contributed by atoms with E-state index in [0.29, 0.717) is 0 Å². The minimum atomic E-state index is -1.81. The molecule has 4 bridgehead atoms. The Bertz CT molecular complexity index is 1440. The molecule has 1 aliphatic heterocycles. The Kier molecular flexibility index (Phi) is 15.4. The van der Waals surface area contributed by atoms with Crippen molar-refractivity contribution in [2.75, 3.05) is 0 Å². The lowest BCUT2D eigenvalue weighted by Crippen LogP contribution is -2.30. The second kappa shape index (κ2) is 19.0. The van der Waals surface area contributed by atoms with Crippen molar-refractivity contribution < 1.29 is 13.6 Å². The Morgan fingerprint density at radius 1 is 0.549 bits per heavy atom. The number of hydrogen-bond acceptors (Lipinski definition) is 3. The van der Waals surface area contributed by atoms with Gasteiger partial charge >= 0.3 is 8.60 Å². The van der Waals surface area contributed by atoms with E-state index in [4.69, 9.17) is 13.6 Å². The molecule has 0 spiro atoms. The number of benzene rings is 3. The lowest BCUT2D eigenvalue weighted by Gasteiger charge is -2.39. The van der Waals surface area contributed by atoms with E-state index in [1.807, 2.05) is 0 Å². The molecule has 0 amide bonds. The van der Waals surface area contributed by atoms with Gasteiger partial charge in [-0.15, -0.1) is 0 Å². The lowest BCUT2D eigenvalue weighted by molar-refractivity contribution is 0.369. The Hall–Kier alpha value is -2.51. The quantitative estimate of drug-likeness (QED) is 0.0970. The fourth-order valence-electron chi connectivity index (χ4n) is 7.99. The first-order valence-corrected chi connectivity index (χ1v) is 21.6. The van der Waals surface area contributed by atoms with Crippen molar-refractivity contribution in [3.05, 3.63) is 88.0 Å². The Labute approximate surface area is 314 Å². The van der Waals surface area contributed by atoms with Crippen LogP contribution in [0.15, 0.2) is 54.6 Å². The van der Waals surface area contributed by atoms with Gasteiger partial charge < -0.3 is 13.6 Å². The van der Waals surface area contributed by atoms with E-state index in [2.05, 4.69) is 124 Å². The zero-order valence-electron chi connectivity index (χ0n) is 34.2. The standard InChI is InChI=1S/C47H71O3P/c1-11-13-15-17-19-21-23-28-36-29-25-33-40(37(36)30-24-22-20-18-16-14-12-2)48-51-49-41-34-26-31-38(43(41)45(3,4)5)47(9,10)39-32-27-35-42(50-51)44(39)46(6,7)8/h25-27,29,31-35H,11-24,28,30H2,1-10H3. The number of fused-ring (bicyclic) bond motifs is 4. The third-order valence-corrected chi connectivity index (χ3v) is 11.8. The molecule has 0 unspecified atom stereocenters. The number of unbranched alkanes of at least 4 members (excludes halogenated alkanes) is 12. The van der Waals surface area contributed by atoms with Crippen LogP contribution in [0.5, 0.6) is 17.2 Å². The molecule has 0 aromatic heterocycles. The third-order valence-electron chi connectivity index (χ3n) is 10.7. The van der Waals surface area contributed by atoms with Crippen LogP contribution in [0.3, 0.4) is 0 Å². The molecule has 0 saturated carbocycles. The molecule has 1 heterocycles. The van der Waals surface area contributed by atoms with Crippen LogP contribution < -0.4 is 13.6 Å². The monoisotopic (exact) mass is 715 g/mol. The maximum atomic E-state index is 7.04. The summed E-state index contributed by atoms with van der Waals surface area (Å²) in [6, 6.07) is 19.8. The number of aryl methyl sites for hydroxylation is 1. The summed E-state index contributed by atoms with van der Waals surface area (Å²) in [5.41, 5.74) is 7.24. The molecule has 3 aromatic carbocycles. The molecule has 0 N–H and O–H groups in total. The summed E-state index contributed by atoms with van der Waals surface area (Å²) >= 11 is 0. The molecule has 3 aromatic rings. The molecule has 4 rings (SSSR count). The molecule has 1 aliphatic rings. The maximum absolute atomic E-state index is 7.04. The van der Waals surface area contributed by atoms with Crippen LogP contribution in [0.25, 0.3) is 0 Å². The Morgan fingerprint density at radius 2 is 0.980 bits per heavy atom. The van der Waals surface area contributed by atoms with E-state index in [0.717, 1.165) is 30.1 Å². The van der Waals surface area contributed by atoms with E-state index in [-0.39, 0.29) is 16.2 Å². The van der Waals surface area contributed by atoms with Gasteiger partial charge in [0.2, 0.25) is 0 Å². The summed E-state index contributed by atoms with van der Waals surface area (Å²) in [6.45, 7) is 23.0. The molecule has 0 saturated heterocycles. The van der Waals surface area contributed by atoms with Crippen molar-refractivity contribution >= 4 is 8.60 Å². The molecule has 51 heavy (non-hydrogen) atoms. The first-order valence-electron chi connectivity index (χ1n) is 20.5. The first-order chi connectivity index (χ1) is 24.3. The van der Waals surface area contributed by atoms with E-state index >= 15 is 0 Å². The highest BCUT2D eigenvalue weighted by Gasteiger charge is 2.39. The van der Waals surface area contributed by atoms with Crippen LogP contribution in [-0.4, -0.2) is 0 Å². The van der Waals surface area contributed by atoms with E-state index in [9.17, 15) is 0 Å². The number of rotatable bonds is 18. The molecule has 282 valence electrons. The van der Waals surface area contributed by atoms with Crippen LogP contribution in [0, 0.1) is 0 Å². The van der Waals surface area contributed by atoms with Crippen LogP contribution >= 0.6 is 8.60 Å². The van der Waals surface area contributed by atoms with Gasteiger partial charge in [-0.3, -0.25) is 0 Å². The van der Waals surface area contributed by atoms with Crippen molar-refractivity contribution in [3.63, 3.8) is 0 Å². The van der Waals surface area contributed by atoms with Gasteiger partial charge in [-0.25, -0.2) is 0 Å². The smallest absolute Gasteiger partial charge is 0.408 e. The van der Waals surface area contributed by atoms with Gasteiger partial charge in [0.05, 0.1) is 0 Å². The highest BCUT2D eigenvalue weighted by Crippen LogP contribution is 2.54. The second-order valence-electron chi connectivity index (χ2n) is 17.6. The summed E-state index contributed by atoms with van der Waals surface area (Å²) < 4.78 is 21.0. The zero-order chi connectivity index (χ0) is 37.1. The van der Waals surface area contributed by atoms with Crippen LogP contribution in [0.4, 0.5) is 0 Å². The molecule has 0 fully saturated rings. The normalized spacial score (nSPS) is 14.5. The predicted molar refractivity (Wildman–Crippen MR) is 221 cm³/mol. The summed E-state index contributed by atoms with van der Waals surface area (Å²) in [6.07, 6.45) is 20.4. The fraction of sp³-hybridized carbons (Fsp3) is 0.617. The molecular weight excluding hydrogens is 643 g/mol. The van der Waals surface area contributed by atoms with E-state index in [1.54, 1.807) is 0 Å². The first kappa shape index (κ1) is 41.2. The topological polar surface area (TPSA) is 27.7 Å². The molecule has 0 aliphatic carbocycles. The third kappa shape index (κ3) is 11.2. The molecule has 3 nitrogen and oxygen atoms in total. The Balaban J connectivity index is 1.72. The molecule has 4 heteroatoms.